The summed E-state index contributed by atoms with van der Waals surface area (Å²) in [4.78, 5) is 21.7. The predicted molar refractivity (Wildman–Crippen MR) is 69.8 cm³/mol. The molecule has 2 N–H and O–H groups in total. The fourth-order valence-corrected chi connectivity index (χ4v) is 2.31. The van der Waals surface area contributed by atoms with Crippen molar-refractivity contribution in [2.24, 2.45) is 11.3 Å². The first-order valence-corrected chi connectivity index (χ1v) is 5.82. The van der Waals surface area contributed by atoms with Gasteiger partial charge in [0.1, 0.15) is 0 Å². The summed E-state index contributed by atoms with van der Waals surface area (Å²) >= 11 is 0. The molecule has 0 unspecified atom stereocenters. The zero-order chi connectivity index (χ0) is 12.8. The summed E-state index contributed by atoms with van der Waals surface area (Å²) in [6.07, 6.45) is 3.86. The van der Waals surface area contributed by atoms with E-state index in [1.165, 1.54) is 0 Å². The predicted octanol–water partition coefficient (Wildman–Crippen LogP) is 1.85. The molecule has 98 valence electrons. The first-order valence-electron chi connectivity index (χ1n) is 5.82. The molecule has 0 aromatic heterocycles. The van der Waals surface area contributed by atoms with E-state index >= 15 is 0 Å². The second-order valence-electron chi connectivity index (χ2n) is 4.74. The van der Waals surface area contributed by atoms with Gasteiger partial charge >= 0.3 is 60.8 Å². The van der Waals surface area contributed by atoms with Crippen molar-refractivity contribution < 1.29 is 19.8 Å². The van der Waals surface area contributed by atoms with Gasteiger partial charge in [0.25, 0.3) is 0 Å². The number of hydrogen-bond donors (Lipinski definition) is 2. The van der Waals surface area contributed by atoms with Gasteiger partial charge < -0.3 is 10.2 Å². The molecule has 17 heavy (non-hydrogen) atoms. The number of carboxylic acids is 2. The van der Waals surface area contributed by atoms with Crippen LogP contribution in [0.15, 0.2) is 0 Å². The Morgan fingerprint density at radius 1 is 1.06 bits per heavy atom. The zero-order valence-electron chi connectivity index (χ0n) is 10.3. The Kier molecular flexibility index (Phi) is 11.0. The minimum absolute atomic E-state index is 0. The summed E-state index contributed by atoms with van der Waals surface area (Å²) in [5.74, 6) is -3.74. The Labute approximate surface area is 143 Å². The number of aliphatic carboxylic acids is 2. The van der Waals surface area contributed by atoms with E-state index in [-0.39, 0.29) is 60.7 Å². The van der Waals surface area contributed by atoms with Gasteiger partial charge in [-0.15, -0.1) is 0 Å². The Hall–Kier alpha value is 0.511. The molecule has 0 saturated carbocycles. The van der Waals surface area contributed by atoms with Crippen LogP contribution < -0.4 is 0 Å². The van der Waals surface area contributed by atoms with Crippen LogP contribution in [0.4, 0.5) is 0 Å². The van der Waals surface area contributed by atoms with Gasteiger partial charge in [-0.1, -0.05) is 33.6 Å². The van der Waals surface area contributed by atoms with Crippen molar-refractivity contribution >= 4 is 60.8 Å². The van der Waals surface area contributed by atoms with Gasteiger partial charge in [-0.25, -0.2) is 0 Å². The van der Waals surface area contributed by atoms with Crippen molar-refractivity contribution in [3.05, 3.63) is 0 Å². The van der Waals surface area contributed by atoms with E-state index in [2.05, 4.69) is 0 Å². The Balaban J connectivity index is 0. The van der Waals surface area contributed by atoms with E-state index in [4.69, 9.17) is 10.2 Å². The Morgan fingerprint density at radius 2 is 1.41 bits per heavy atom. The normalized spacial score (nSPS) is 11.1. The quantitative estimate of drug-likeness (QED) is 0.506. The van der Waals surface area contributed by atoms with Gasteiger partial charge in [0.2, 0.25) is 0 Å². The van der Waals surface area contributed by atoms with Crippen LogP contribution in [0, 0.1) is 11.3 Å². The van der Waals surface area contributed by atoms with Crippen molar-refractivity contribution in [1.29, 1.82) is 0 Å². The molecule has 0 aliphatic carbocycles. The third-order valence-electron chi connectivity index (χ3n) is 3.00. The fourth-order valence-electron chi connectivity index (χ4n) is 2.31. The average molecular weight is 370 g/mol. The van der Waals surface area contributed by atoms with Crippen LogP contribution in [-0.2, 0) is 9.59 Å². The molecule has 0 heterocycles. The van der Waals surface area contributed by atoms with Crippen molar-refractivity contribution in [3.8, 4) is 0 Å². The summed E-state index contributed by atoms with van der Waals surface area (Å²) in [6, 6.07) is 0. The van der Waals surface area contributed by atoms with Gasteiger partial charge in [-0.05, 0) is 24.7 Å². The first kappa shape index (κ1) is 19.8. The molecule has 0 aliphatic rings. The SMILES string of the molecule is CCCC(C)(CCC)CC(C(=O)O)C(=O)O.[BaH2]. The average Bonchev–Trinajstić information content (AvgIpc) is 2.14. The molecule has 0 fully saturated rings. The third-order valence-corrected chi connectivity index (χ3v) is 3.00. The van der Waals surface area contributed by atoms with Crippen LogP contribution in [0.3, 0.4) is 0 Å². The molecule has 0 spiro atoms. The number of rotatable bonds is 8. The van der Waals surface area contributed by atoms with E-state index in [1.807, 2.05) is 20.8 Å². The van der Waals surface area contributed by atoms with Crippen molar-refractivity contribution in [2.75, 3.05) is 0 Å². The molecule has 5 heteroatoms. The standard InChI is InChI=1S/C12H22O4.Ba.2H/c1-4-6-12(3,7-5-2)8-9(10(13)14)11(15)16;;;/h9H,4-8H2,1-3H3,(H,13,14)(H,15,16);;;. The summed E-state index contributed by atoms with van der Waals surface area (Å²) in [5, 5.41) is 17.7. The molecule has 0 aliphatic heterocycles. The van der Waals surface area contributed by atoms with Crippen molar-refractivity contribution in [1.82, 2.24) is 0 Å². The van der Waals surface area contributed by atoms with Crippen molar-refractivity contribution in [3.63, 3.8) is 0 Å². The molecule has 0 atom stereocenters. The van der Waals surface area contributed by atoms with Crippen LogP contribution in [0.2, 0.25) is 0 Å². The Morgan fingerprint density at radius 3 is 1.65 bits per heavy atom. The third kappa shape index (κ3) is 7.51. The summed E-state index contributed by atoms with van der Waals surface area (Å²) in [6.45, 7) is 6.05. The van der Waals surface area contributed by atoms with Gasteiger partial charge in [0, 0.05) is 0 Å². The number of carboxylic acid groups (broad SMARTS) is 2. The second kappa shape index (κ2) is 9.44. The Bertz CT molecular complexity index is 233. The molecular weight excluding hydrogens is 345 g/mol. The van der Waals surface area contributed by atoms with Gasteiger partial charge in [0.15, 0.2) is 5.92 Å². The van der Waals surface area contributed by atoms with Crippen LogP contribution in [0.25, 0.3) is 0 Å². The molecular formula is C12H24BaO4. The summed E-state index contributed by atoms with van der Waals surface area (Å²) in [7, 11) is 0. The minimum atomic E-state index is -1.27. The van der Waals surface area contributed by atoms with E-state index in [0.717, 1.165) is 25.7 Å². The molecule has 0 radical (unpaired) electrons. The summed E-state index contributed by atoms with van der Waals surface area (Å²) < 4.78 is 0. The molecule has 0 saturated heterocycles. The van der Waals surface area contributed by atoms with E-state index in [1.54, 1.807) is 0 Å². The topological polar surface area (TPSA) is 74.6 Å². The maximum absolute atomic E-state index is 10.8. The van der Waals surface area contributed by atoms with Crippen LogP contribution in [0.1, 0.15) is 52.9 Å². The van der Waals surface area contributed by atoms with Gasteiger partial charge in [-0.2, -0.15) is 0 Å². The first-order chi connectivity index (χ1) is 7.36. The number of carbonyl (C=O) groups is 2. The molecule has 0 aromatic carbocycles. The molecule has 0 rings (SSSR count). The van der Waals surface area contributed by atoms with Crippen LogP contribution in [0.5, 0.6) is 0 Å². The second-order valence-corrected chi connectivity index (χ2v) is 4.74. The molecule has 0 aromatic rings. The van der Waals surface area contributed by atoms with Gasteiger partial charge in [0.05, 0.1) is 0 Å². The van der Waals surface area contributed by atoms with Crippen LogP contribution in [-0.4, -0.2) is 71.0 Å². The monoisotopic (exact) mass is 370 g/mol. The van der Waals surface area contributed by atoms with E-state index < -0.39 is 17.9 Å². The summed E-state index contributed by atoms with van der Waals surface area (Å²) in [5.41, 5.74) is -0.176. The molecule has 0 bridgehead atoms. The zero-order valence-corrected chi connectivity index (χ0v) is 10.3. The van der Waals surface area contributed by atoms with Crippen LogP contribution >= 0.6 is 0 Å². The number of hydrogen-bond acceptors (Lipinski definition) is 2. The van der Waals surface area contributed by atoms with Crippen molar-refractivity contribution in [2.45, 2.75) is 52.9 Å². The molecule has 0 amide bonds. The fraction of sp³-hybridized carbons (Fsp3) is 0.833. The van der Waals surface area contributed by atoms with E-state index in [9.17, 15) is 9.59 Å². The van der Waals surface area contributed by atoms with E-state index in [0.29, 0.717) is 0 Å². The molecule has 4 nitrogen and oxygen atoms in total. The van der Waals surface area contributed by atoms with Gasteiger partial charge in [-0.3, -0.25) is 9.59 Å². The maximum atomic E-state index is 10.8.